The standard InChI is InChI=1S/C20H23N7O2S/c28-18(9-4-10-21-19(29)17-8-5-15-30-17)25-11-13-26(14-12-25)20-22-23-24-27(20)16-6-2-1-3-7-16/h1-3,5-8,15H,4,9-14H2,(H,21,29). The van der Waals surface area contributed by atoms with Crippen LogP contribution < -0.4 is 10.2 Å². The number of anilines is 1. The summed E-state index contributed by atoms with van der Waals surface area (Å²) < 4.78 is 1.72. The molecule has 2 aromatic heterocycles. The maximum atomic E-state index is 12.5. The quantitative estimate of drug-likeness (QED) is 0.578. The summed E-state index contributed by atoms with van der Waals surface area (Å²) in [5.74, 6) is 0.717. The highest BCUT2D eigenvalue weighted by molar-refractivity contribution is 7.12. The average Bonchev–Trinajstić information content (AvgIpc) is 3.50. The molecule has 3 aromatic rings. The zero-order valence-electron chi connectivity index (χ0n) is 16.5. The van der Waals surface area contributed by atoms with E-state index in [-0.39, 0.29) is 11.8 Å². The average molecular weight is 426 g/mol. The molecule has 30 heavy (non-hydrogen) atoms. The molecule has 0 atom stereocenters. The highest BCUT2D eigenvalue weighted by atomic mass is 32.1. The van der Waals surface area contributed by atoms with Crippen LogP contribution in [0.1, 0.15) is 22.5 Å². The molecule has 1 aliphatic heterocycles. The summed E-state index contributed by atoms with van der Waals surface area (Å²) in [4.78, 5) is 29.1. The molecule has 1 N–H and O–H groups in total. The van der Waals surface area contributed by atoms with E-state index in [1.54, 1.807) is 10.7 Å². The Hall–Kier alpha value is -3.27. The van der Waals surface area contributed by atoms with E-state index in [2.05, 4.69) is 25.7 Å². The van der Waals surface area contributed by atoms with Crippen molar-refractivity contribution < 1.29 is 9.59 Å². The molecule has 0 saturated carbocycles. The van der Waals surface area contributed by atoms with Crippen LogP contribution in [-0.2, 0) is 4.79 Å². The number of nitrogens with one attached hydrogen (secondary N) is 1. The Morgan fingerprint density at radius 2 is 1.83 bits per heavy atom. The third-order valence-corrected chi connectivity index (χ3v) is 5.84. The number of amides is 2. The van der Waals surface area contributed by atoms with Gasteiger partial charge in [0.1, 0.15) is 0 Å². The van der Waals surface area contributed by atoms with Gasteiger partial charge in [-0.3, -0.25) is 9.59 Å². The molecule has 1 fully saturated rings. The number of benzene rings is 1. The first-order valence-corrected chi connectivity index (χ1v) is 10.8. The van der Waals surface area contributed by atoms with Crippen LogP contribution in [0, 0.1) is 0 Å². The number of thiophene rings is 1. The number of tetrazole rings is 1. The first kappa shape index (κ1) is 20.0. The lowest BCUT2D eigenvalue weighted by molar-refractivity contribution is -0.131. The summed E-state index contributed by atoms with van der Waals surface area (Å²) >= 11 is 1.41. The molecule has 1 aliphatic rings. The van der Waals surface area contributed by atoms with Crippen molar-refractivity contribution in [3.8, 4) is 5.69 Å². The normalized spacial score (nSPS) is 14.0. The predicted molar refractivity (Wildman–Crippen MR) is 114 cm³/mol. The van der Waals surface area contributed by atoms with Crippen LogP contribution in [0.15, 0.2) is 47.8 Å². The van der Waals surface area contributed by atoms with E-state index in [9.17, 15) is 9.59 Å². The SMILES string of the molecule is O=C(NCCCC(=O)N1CCN(c2nnnn2-c2ccccc2)CC1)c1cccs1. The van der Waals surface area contributed by atoms with Gasteiger partial charge in [0.2, 0.25) is 11.9 Å². The van der Waals surface area contributed by atoms with Gasteiger partial charge in [-0.25, -0.2) is 0 Å². The number of rotatable bonds is 7. The van der Waals surface area contributed by atoms with Gasteiger partial charge in [-0.05, 0) is 40.4 Å². The van der Waals surface area contributed by atoms with Crippen LogP contribution in [0.4, 0.5) is 5.95 Å². The van der Waals surface area contributed by atoms with Gasteiger partial charge in [0, 0.05) is 39.1 Å². The molecule has 0 radical (unpaired) electrons. The van der Waals surface area contributed by atoms with E-state index >= 15 is 0 Å². The molecular weight excluding hydrogens is 402 g/mol. The second kappa shape index (κ2) is 9.49. The zero-order valence-corrected chi connectivity index (χ0v) is 17.3. The van der Waals surface area contributed by atoms with Crippen LogP contribution in [0.2, 0.25) is 0 Å². The van der Waals surface area contributed by atoms with E-state index in [0.717, 1.165) is 5.69 Å². The maximum absolute atomic E-state index is 12.5. The lowest BCUT2D eigenvalue weighted by Gasteiger charge is -2.34. The van der Waals surface area contributed by atoms with E-state index in [0.29, 0.717) is 56.4 Å². The monoisotopic (exact) mass is 425 g/mol. The van der Waals surface area contributed by atoms with Crippen LogP contribution in [-0.4, -0.2) is 69.6 Å². The Balaban J connectivity index is 1.23. The minimum Gasteiger partial charge on any atom is -0.351 e. The fourth-order valence-corrected chi connectivity index (χ4v) is 4.01. The molecule has 0 aliphatic carbocycles. The third-order valence-electron chi connectivity index (χ3n) is 4.97. The molecule has 0 spiro atoms. The molecule has 4 rings (SSSR count). The Morgan fingerprint density at radius 1 is 1.03 bits per heavy atom. The summed E-state index contributed by atoms with van der Waals surface area (Å²) in [7, 11) is 0. The Kier molecular flexibility index (Phi) is 6.33. The van der Waals surface area contributed by atoms with Crippen molar-refractivity contribution in [3.63, 3.8) is 0 Å². The molecular formula is C20H23N7O2S. The molecule has 156 valence electrons. The molecule has 2 amide bonds. The molecule has 3 heterocycles. The Morgan fingerprint density at radius 3 is 2.57 bits per heavy atom. The van der Waals surface area contributed by atoms with Crippen LogP contribution in [0.3, 0.4) is 0 Å². The van der Waals surface area contributed by atoms with Crippen LogP contribution >= 0.6 is 11.3 Å². The highest BCUT2D eigenvalue weighted by Gasteiger charge is 2.24. The minimum absolute atomic E-state index is 0.0813. The molecule has 10 heteroatoms. The number of carbonyl (C=O) groups excluding carboxylic acids is 2. The number of hydrogen-bond donors (Lipinski definition) is 1. The van der Waals surface area contributed by atoms with Gasteiger partial charge in [0.05, 0.1) is 10.6 Å². The largest absolute Gasteiger partial charge is 0.351 e. The summed E-state index contributed by atoms with van der Waals surface area (Å²) in [6.07, 6.45) is 1.05. The topological polar surface area (TPSA) is 96.2 Å². The molecule has 9 nitrogen and oxygen atoms in total. The van der Waals surface area contributed by atoms with Gasteiger partial charge in [-0.2, -0.15) is 4.68 Å². The zero-order chi connectivity index (χ0) is 20.8. The summed E-state index contributed by atoms with van der Waals surface area (Å²) in [5.41, 5.74) is 0.903. The van der Waals surface area contributed by atoms with E-state index < -0.39 is 0 Å². The minimum atomic E-state index is -0.0813. The van der Waals surface area contributed by atoms with Crippen molar-refractivity contribution >= 4 is 29.1 Å². The fraction of sp³-hybridized carbons (Fsp3) is 0.350. The van der Waals surface area contributed by atoms with Crippen molar-refractivity contribution in [1.29, 1.82) is 0 Å². The summed E-state index contributed by atoms with van der Waals surface area (Å²) in [6.45, 7) is 3.10. The first-order chi connectivity index (χ1) is 14.7. The Bertz CT molecular complexity index is 966. The van der Waals surface area contributed by atoms with Crippen molar-refractivity contribution in [2.45, 2.75) is 12.8 Å². The number of piperazine rings is 1. The van der Waals surface area contributed by atoms with Crippen LogP contribution in [0.5, 0.6) is 0 Å². The number of nitrogens with zero attached hydrogens (tertiary/aromatic N) is 6. The van der Waals surface area contributed by atoms with Gasteiger partial charge < -0.3 is 15.1 Å². The number of aromatic nitrogens is 4. The summed E-state index contributed by atoms with van der Waals surface area (Å²) in [6, 6.07) is 13.4. The van der Waals surface area contributed by atoms with Crippen LogP contribution in [0.25, 0.3) is 5.69 Å². The van der Waals surface area contributed by atoms with Crippen molar-refractivity contribution in [2.75, 3.05) is 37.6 Å². The van der Waals surface area contributed by atoms with Gasteiger partial charge in [0.25, 0.3) is 5.91 Å². The van der Waals surface area contributed by atoms with Gasteiger partial charge in [-0.15, -0.1) is 11.3 Å². The third kappa shape index (κ3) is 4.65. The van der Waals surface area contributed by atoms with E-state index in [4.69, 9.17) is 0 Å². The van der Waals surface area contributed by atoms with Crippen molar-refractivity contribution in [3.05, 3.63) is 52.7 Å². The molecule has 0 unspecified atom stereocenters. The molecule has 1 aromatic carbocycles. The lowest BCUT2D eigenvalue weighted by atomic mass is 10.2. The van der Waals surface area contributed by atoms with Gasteiger partial charge in [-0.1, -0.05) is 29.4 Å². The summed E-state index contributed by atoms with van der Waals surface area (Å²) in [5, 5.41) is 16.8. The Labute approximate surface area is 178 Å². The molecule has 1 saturated heterocycles. The first-order valence-electron chi connectivity index (χ1n) is 9.90. The predicted octanol–water partition coefficient (Wildman–Crippen LogP) is 1.58. The van der Waals surface area contributed by atoms with Crippen molar-refractivity contribution in [2.24, 2.45) is 0 Å². The van der Waals surface area contributed by atoms with Gasteiger partial charge in [0.15, 0.2) is 0 Å². The number of carbonyl (C=O) groups is 2. The lowest BCUT2D eigenvalue weighted by Crippen LogP contribution is -2.49. The maximum Gasteiger partial charge on any atom is 0.261 e. The van der Waals surface area contributed by atoms with Gasteiger partial charge >= 0.3 is 0 Å². The highest BCUT2D eigenvalue weighted by Crippen LogP contribution is 2.17. The fourth-order valence-electron chi connectivity index (χ4n) is 3.37. The van der Waals surface area contributed by atoms with E-state index in [1.165, 1.54) is 11.3 Å². The van der Waals surface area contributed by atoms with E-state index in [1.807, 2.05) is 46.7 Å². The molecule has 0 bridgehead atoms. The number of hydrogen-bond acceptors (Lipinski definition) is 7. The van der Waals surface area contributed by atoms with Crippen molar-refractivity contribution in [1.82, 2.24) is 30.4 Å². The second-order valence-electron chi connectivity index (χ2n) is 6.93. The second-order valence-corrected chi connectivity index (χ2v) is 7.88. The smallest absolute Gasteiger partial charge is 0.261 e. The number of para-hydroxylation sites is 1.